The van der Waals surface area contributed by atoms with Gasteiger partial charge >= 0.3 is 0 Å². The Hall–Kier alpha value is -1.53. The van der Waals surface area contributed by atoms with Crippen LogP contribution in [-0.2, 0) is 6.54 Å². The van der Waals surface area contributed by atoms with Crippen LogP contribution in [0.3, 0.4) is 0 Å². The highest BCUT2D eigenvalue weighted by molar-refractivity contribution is 7.14. The van der Waals surface area contributed by atoms with Gasteiger partial charge in [0.2, 0.25) is 0 Å². The number of guanidine groups is 1. The van der Waals surface area contributed by atoms with Crippen molar-refractivity contribution in [2.45, 2.75) is 39.3 Å². The van der Waals surface area contributed by atoms with Crippen molar-refractivity contribution < 1.29 is 0 Å². The molecule has 2 aromatic rings. The molecule has 1 fully saturated rings. The van der Waals surface area contributed by atoms with E-state index < -0.39 is 0 Å². The van der Waals surface area contributed by atoms with Gasteiger partial charge < -0.3 is 15.5 Å². The van der Waals surface area contributed by atoms with Gasteiger partial charge in [0.05, 0.1) is 11.5 Å². The molecular formula is C18H26N4S2. The first-order chi connectivity index (χ1) is 11.7. The summed E-state index contributed by atoms with van der Waals surface area (Å²) in [6.07, 6.45) is 2.31. The Bertz CT molecular complexity index is 640. The van der Waals surface area contributed by atoms with Gasteiger partial charge in [-0.3, -0.25) is 0 Å². The minimum Gasteiger partial charge on any atom is -0.363 e. The molecule has 0 unspecified atom stereocenters. The molecule has 0 spiro atoms. The largest absolute Gasteiger partial charge is 0.363 e. The Labute approximate surface area is 152 Å². The molecule has 3 rings (SSSR count). The van der Waals surface area contributed by atoms with E-state index in [-0.39, 0.29) is 0 Å². The summed E-state index contributed by atoms with van der Waals surface area (Å²) in [7, 11) is 0. The molecule has 0 amide bonds. The van der Waals surface area contributed by atoms with Gasteiger partial charge in [0.1, 0.15) is 0 Å². The third-order valence-electron chi connectivity index (χ3n) is 4.19. The zero-order chi connectivity index (χ0) is 16.8. The SMILES string of the molecule is CCNC(=NCc1ccc(C)s1)NC1CCN(c2cccs2)CC1. The molecule has 0 atom stereocenters. The summed E-state index contributed by atoms with van der Waals surface area (Å²) in [5.74, 6) is 0.943. The summed E-state index contributed by atoms with van der Waals surface area (Å²) in [6.45, 7) is 8.13. The fraction of sp³-hybridized carbons (Fsp3) is 0.500. The quantitative estimate of drug-likeness (QED) is 0.627. The number of hydrogen-bond donors (Lipinski definition) is 2. The zero-order valence-electron chi connectivity index (χ0n) is 14.4. The minimum absolute atomic E-state index is 0.504. The van der Waals surface area contributed by atoms with Crippen molar-refractivity contribution in [3.63, 3.8) is 0 Å². The summed E-state index contributed by atoms with van der Waals surface area (Å²) in [4.78, 5) is 9.90. The fourth-order valence-electron chi connectivity index (χ4n) is 2.93. The molecule has 4 nitrogen and oxygen atoms in total. The standard InChI is InChI=1S/C18H26N4S2/c1-3-19-18(20-13-16-7-6-14(2)24-16)21-15-8-10-22(11-9-15)17-5-4-12-23-17/h4-7,12,15H,3,8-11,13H2,1-2H3,(H2,19,20,21). The second-order valence-corrected chi connectivity index (χ2v) is 8.36. The van der Waals surface area contributed by atoms with Crippen molar-refractivity contribution in [2.24, 2.45) is 4.99 Å². The maximum atomic E-state index is 4.75. The Morgan fingerprint density at radius 3 is 2.75 bits per heavy atom. The van der Waals surface area contributed by atoms with Crippen LogP contribution in [0.2, 0.25) is 0 Å². The topological polar surface area (TPSA) is 39.7 Å². The molecule has 2 N–H and O–H groups in total. The normalized spacial score (nSPS) is 16.4. The zero-order valence-corrected chi connectivity index (χ0v) is 16.1. The number of nitrogens with one attached hydrogen (secondary N) is 2. The number of piperidine rings is 1. The van der Waals surface area contributed by atoms with E-state index in [1.165, 1.54) is 14.8 Å². The Morgan fingerprint density at radius 2 is 2.12 bits per heavy atom. The first-order valence-electron chi connectivity index (χ1n) is 8.63. The fourth-order valence-corrected chi connectivity index (χ4v) is 4.53. The predicted molar refractivity (Wildman–Crippen MR) is 107 cm³/mol. The van der Waals surface area contributed by atoms with Crippen LogP contribution >= 0.6 is 22.7 Å². The lowest BCUT2D eigenvalue weighted by Crippen LogP contribution is -2.48. The van der Waals surface area contributed by atoms with Crippen LogP contribution in [0.15, 0.2) is 34.6 Å². The van der Waals surface area contributed by atoms with E-state index in [2.05, 4.69) is 59.0 Å². The Morgan fingerprint density at radius 1 is 1.29 bits per heavy atom. The van der Waals surface area contributed by atoms with Crippen LogP contribution in [0.1, 0.15) is 29.5 Å². The van der Waals surface area contributed by atoms with E-state index in [0.717, 1.165) is 45.0 Å². The predicted octanol–water partition coefficient (Wildman–Crippen LogP) is 3.84. The molecule has 24 heavy (non-hydrogen) atoms. The lowest BCUT2D eigenvalue weighted by atomic mass is 10.1. The Balaban J connectivity index is 1.52. The van der Waals surface area contributed by atoms with E-state index in [0.29, 0.717) is 6.04 Å². The molecule has 6 heteroatoms. The summed E-state index contributed by atoms with van der Waals surface area (Å²) < 4.78 is 0. The lowest BCUT2D eigenvalue weighted by Gasteiger charge is -2.33. The van der Waals surface area contributed by atoms with Gasteiger partial charge in [0.25, 0.3) is 0 Å². The number of thiophene rings is 2. The molecule has 0 aromatic carbocycles. The molecular weight excluding hydrogens is 336 g/mol. The summed E-state index contributed by atoms with van der Waals surface area (Å²) in [5, 5.41) is 10.5. The second kappa shape index (κ2) is 8.53. The maximum absolute atomic E-state index is 4.75. The van der Waals surface area contributed by atoms with Gasteiger partial charge in [-0.05, 0) is 56.3 Å². The molecule has 1 saturated heterocycles. The average molecular weight is 363 g/mol. The van der Waals surface area contributed by atoms with E-state index in [1.807, 2.05) is 22.7 Å². The molecule has 0 saturated carbocycles. The second-order valence-electron chi connectivity index (χ2n) is 6.06. The van der Waals surface area contributed by atoms with Crippen molar-refractivity contribution in [1.29, 1.82) is 0 Å². The van der Waals surface area contributed by atoms with Gasteiger partial charge in [-0.15, -0.1) is 22.7 Å². The molecule has 1 aliphatic rings. The van der Waals surface area contributed by atoms with Gasteiger partial charge in [-0.2, -0.15) is 0 Å². The molecule has 0 aliphatic carbocycles. The summed E-state index contributed by atoms with van der Waals surface area (Å²) in [6, 6.07) is 9.19. The molecule has 1 aliphatic heterocycles. The van der Waals surface area contributed by atoms with Crippen LogP contribution in [0, 0.1) is 6.92 Å². The van der Waals surface area contributed by atoms with Crippen molar-refractivity contribution in [3.05, 3.63) is 39.4 Å². The summed E-state index contributed by atoms with van der Waals surface area (Å²) >= 11 is 3.66. The first kappa shape index (κ1) is 17.3. The monoisotopic (exact) mass is 362 g/mol. The molecule has 0 radical (unpaired) electrons. The highest BCUT2D eigenvalue weighted by Crippen LogP contribution is 2.24. The first-order valence-corrected chi connectivity index (χ1v) is 10.3. The van der Waals surface area contributed by atoms with Crippen molar-refractivity contribution in [2.75, 3.05) is 24.5 Å². The van der Waals surface area contributed by atoms with Crippen molar-refractivity contribution >= 4 is 33.6 Å². The van der Waals surface area contributed by atoms with E-state index in [9.17, 15) is 0 Å². The van der Waals surface area contributed by atoms with E-state index in [4.69, 9.17) is 4.99 Å². The highest BCUT2D eigenvalue weighted by Gasteiger charge is 2.20. The van der Waals surface area contributed by atoms with Gasteiger partial charge in [-0.25, -0.2) is 4.99 Å². The number of anilines is 1. The molecule has 0 bridgehead atoms. The number of aryl methyl sites for hydroxylation is 1. The smallest absolute Gasteiger partial charge is 0.191 e. The van der Waals surface area contributed by atoms with Crippen LogP contribution in [0.5, 0.6) is 0 Å². The lowest BCUT2D eigenvalue weighted by molar-refractivity contribution is 0.463. The van der Waals surface area contributed by atoms with Gasteiger partial charge in [-0.1, -0.05) is 0 Å². The van der Waals surface area contributed by atoms with Gasteiger partial charge in [0.15, 0.2) is 5.96 Å². The van der Waals surface area contributed by atoms with Crippen LogP contribution in [0.25, 0.3) is 0 Å². The number of hydrogen-bond acceptors (Lipinski definition) is 4. The summed E-state index contributed by atoms with van der Waals surface area (Å²) in [5.41, 5.74) is 0. The van der Waals surface area contributed by atoms with Crippen molar-refractivity contribution in [3.8, 4) is 0 Å². The van der Waals surface area contributed by atoms with E-state index >= 15 is 0 Å². The minimum atomic E-state index is 0.504. The van der Waals surface area contributed by atoms with Crippen molar-refractivity contribution in [1.82, 2.24) is 10.6 Å². The average Bonchev–Trinajstić information content (AvgIpc) is 3.25. The molecule has 2 aromatic heterocycles. The number of aliphatic imine (C=N–C) groups is 1. The molecule has 3 heterocycles. The van der Waals surface area contributed by atoms with E-state index in [1.54, 1.807) is 0 Å². The van der Waals surface area contributed by atoms with Crippen LogP contribution in [-0.4, -0.2) is 31.6 Å². The van der Waals surface area contributed by atoms with Gasteiger partial charge in [0, 0.05) is 35.4 Å². The third-order valence-corrected chi connectivity index (χ3v) is 6.10. The van der Waals surface area contributed by atoms with Crippen LogP contribution < -0.4 is 15.5 Å². The number of nitrogens with zero attached hydrogens (tertiary/aromatic N) is 2. The maximum Gasteiger partial charge on any atom is 0.191 e. The molecule has 130 valence electrons. The third kappa shape index (κ3) is 4.74. The van der Waals surface area contributed by atoms with Crippen LogP contribution in [0.4, 0.5) is 5.00 Å². The highest BCUT2D eigenvalue weighted by atomic mass is 32.1. The number of rotatable bonds is 5. The Kier molecular flexibility index (Phi) is 6.15.